The molecule has 2 aromatic heterocycles. The fourth-order valence-electron chi connectivity index (χ4n) is 3.51. The van der Waals surface area contributed by atoms with Gasteiger partial charge in [0.15, 0.2) is 0 Å². The van der Waals surface area contributed by atoms with E-state index in [-0.39, 0.29) is 51.1 Å². The molecule has 3 heterocycles. The predicted molar refractivity (Wildman–Crippen MR) is 130 cm³/mol. The fourth-order valence-corrected chi connectivity index (χ4v) is 8.01. The van der Waals surface area contributed by atoms with E-state index in [0.29, 0.717) is 41.4 Å². The zero-order valence-electron chi connectivity index (χ0n) is 16.8. The van der Waals surface area contributed by atoms with Crippen LogP contribution in [0, 0.1) is 0 Å². The first-order chi connectivity index (χ1) is 15.4. The Morgan fingerprint density at radius 3 is 1.64 bits per heavy atom. The van der Waals surface area contributed by atoms with Crippen molar-refractivity contribution in [2.24, 2.45) is 0 Å². The summed E-state index contributed by atoms with van der Waals surface area (Å²) in [5.74, 6) is -0.00654. The van der Waals surface area contributed by atoms with Gasteiger partial charge in [-0.2, -0.15) is 0 Å². The normalized spacial score (nSPS) is 15.2. The molecule has 8 nitrogen and oxygen atoms in total. The van der Waals surface area contributed by atoms with Crippen molar-refractivity contribution >= 4 is 79.6 Å². The summed E-state index contributed by atoms with van der Waals surface area (Å²) in [6, 6.07) is 13.7. The van der Waals surface area contributed by atoms with Gasteiger partial charge in [-0.05, 0) is 0 Å². The van der Waals surface area contributed by atoms with Gasteiger partial charge in [0.05, 0.1) is 0 Å². The van der Waals surface area contributed by atoms with Crippen molar-refractivity contribution in [3.8, 4) is 0 Å². The summed E-state index contributed by atoms with van der Waals surface area (Å²) in [6.07, 6.45) is 0.591. The van der Waals surface area contributed by atoms with Gasteiger partial charge in [-0.3, -0.25) is 0 Å². The van der Waals surface area contributed by atoms with Crippen LogP contribution < -0.4 is 21.5 Å². The van der Waals surface area contributed by atoms with Gasteiger partial charge in [0.25, 0.3) is 0 Å². The number of hydrogen-bond acceptors (Lipinski definition) is 6. The summed E-state index contributed by atoms with van der Waals surface area (Å²) in [4.78, 5) is 26.1. The van der Waals surface area contributed by atoms with Gasteiger partial charge >= 0.3 is 212 Å². The van der Waals surface area contributed by atoms with Crippen LogP contribution in [-0.2, 0) is 17.1 Å². The van der Waals surface area contributed by atoms with Crippen LogP contribution in [0.3, 0.4) is 0 Å². The number of nitrogens with one attached hydrogen (secondary N) is 2. The molecule has 0 atom stereocenters. The molecule has 0 amide bonds. The molecule has 0 spiro atoms. The first kappa shape index (κ1) is 24.1. The van der Waals surface area contributed by atoms with Gasteiger partial charge < -0.3 is 0 Å². The standard InChI is InChI=1S/C21H16N4O4.2ClH.Cu.Sn/c22-20-16(18(26)12-6-1-3-8-14(12)28-20)24-10-5-11-25-17-19(27)13-7-2-4-9-15(13)29-21(17)23;;;;/h1-4,6-9,24-25H,5,10-11H2;2*1H;;/q-2;;;2*+2/p-2. The zero-order chi connectivity index (χ0) is 22.3. The summed E-state index contributed by atoms with van der Waals surface area (Å²) < 4.78 is 20.5. The van der Waals surface area contributed by atoms with Crippen LogP contribution in [0.15, 0.2) is 67.0 Å². The Morgan fingerprint density at radius 2 is 1.18 bits per heavy atom. The van der Waals surface area contributed by atoms with Crippen LogP contribution in [0.25, 0.3) is 29.0 Å². The van der Waals surface area contributed by atoms with Crippen molar-refractivity contribution in [3.63, 3.8) is 0 Å². The van der Waals surface area contributed by atoms with Crippen molar-refractivity contribution in [3.05, 3.63) is 76.1 Å². The van der Waals surface area contributed by atoms with Gasteiger partial charge in [0, 0.05) is 0 Å². The van der Waals surface area contributed by atoms with Crippen molar-refractivity contribution in [2.45, 2.75) is 6.42 Å². The average Bonchev–Trinajstić information content (AvgIpc) is 2.76. The Balaban J connectivity index is 0.00000259. The maximum atomic E-state index is 13.0. The molecule has 1 radical (unpaired) electrons. The van der Waals surface area contributed by atoms with E-state index in [1.165, 1.54) is 0 Å². The van der Waals surface area contributed by atoms with Crippen LogP contribution >= 0.6 is 17.8 Å². The third-order valence-corrected chi connectivity index (χ3v) is 9.95. The van der Waals surface area contributed by atoms with Crippen molar-refractivity contribution in [1.29, 1.82) is 0 Å². The molecule has 1 aliphatic heterocycles. The van der Waals surface area contributed by atoms with Crippen LogP contribution in [0.1, 0.15) is 6.42 Å². The largest absolute Gasteiger partial charge is 2.00 e. The van der Waals surface area contributed by atoms with Gasteiger partial charge in [-0.25, -0.2) is 0 Å². The van der Waals surface area contributed by atoms with Crippen molar-refractivity contribution in [2.75, 3.05) is 23.7 Å². The second-order valence-corrected chi connectivity index (χ2v) is 19.7. The summed E-state index contributed by atoms with van der Waals surface area (Å²) in [5.41, 5.74) is 0.574. The summed E-state index contributed by atoms with van der Waals surface area (Å²) in [7, 11) is 13.2. The molecule has 4 aromatic rings. The maximum Gasteiger partial charge on any atom is 2.00 e. The molecular weight excluding hydrogens is 625 g/mol. The maximum absolute atomic E-state index is 13.0. The molecule has 0 unspecified atom stereocenters. The molecule has 0 saturated carbocycles. The predicted octanol–water partition coefficient (Wildman–Crippen LogP) is 5.75. The topological polar surface area (TPSA) is 113 Å². The summed E-state index contributed by atoms with van der Waals surface area (Å²) in [5, 5.41) is 7.00. The van der Waals surface area contributed by atoms with Crippen LogP contribution in [0.4, 0.5) is 23.1 Å². The molecule has 2 N–H and O–H groups in total. The quantitative estimate of drug-likeness (QED) is 0.237. The fraction of sp³-hybridized carbons (Fsp3) is 0.143. The third kappa shape index (κ3) is 4.78. The molecule has 0 saturated heterocycles. The van der Waals surface area contributed by atoms with E-state index in [9.17, 15) is 9.59 Å². The van der Waals surface area contributed by atoms with Gasteiger partial charge in [0.2, 0.25) is 0 Å². The van der Waals surface area contributed by atoms with Gasteiger partial charge in [0.1, 0.15) is 0 Å². The number of nitrogens with zero attached hydrogens (tertiary/aromatic N) is 2. The van der Waals surface area contributed by atoms with Crippen molar-refractivity contribution < 1.29 is 25.9 Å². The Kier molecular flexibility index (Phi) is 7.06. The number of para-hydroxylation sites is 2. The molecule has 0 aliphatic carbocycles. The van der Waals surface area contributed by atoms with Crippen LogP contribution in [-0.4, -0.2) is 29.8 Å². The van der Waals surface area contributed by atoms with Crippen LogP contribution in [0.5, 0.6) is 0 Å². The minimum Gasteiger partial charge on any atom is 2.00 e. The molecule has 12 heteroatoms. The van der Waals surface area contributed by atoms with E-state index in [1.807, 2.05) is 0 Å². The number of halogens is 2. The minimum atomic E-state index is -4.71. The number of fused-ring (bicyclic) bond motifs is 4. The van der Waals surface area contributed by atoms with E-state index in [0.717, 1.165) is 0 Å². The molecule has 173 valence electrons. The molecule has 0 bridgehead atoms. The van der Waals surface area contributed by atoms with E-state index >= 15 is 0 Å². The summed E-state index contributed by atoms with van der Waals surface area (Å²) in [6.45, 7) is 0.855. The van der Waals surface area contributed by atoms with Gasteiger partial charge in [-0.15, -0.1) is 0 Å². The minimum absolute atomic E-state index is 0. The molecule has 1 aliphatic rings. The van der Waals surface area contributed by atoms with Crippen molar-refractivity contribution in [1.82, 2.24) is 0 Å². The number of anilines is 2. The van der Waals surface area contributed by atoms with E-state index in [1.54, 1.807) is 48.5 Å². The van der Waals surface area contributed by atoms with E-state index < -0.39 is 16.7 Å². The van der Waals surface area contributed by atoms with E-state index in [2.05, 4.69) is 17.7 Å². The molecule has 33 heavy (non-hydrogen) atoms. The first-order valence-electron chi connectivity index (χ1n) is 9.86. The van der Waals surface area contributed by atoms with Gasteiger partial charge in [-0.1, -0.05) is 0 Å². The number of benzene rings is 2. The Morgan fingerprint density at radius 1 is 0.758 bits per heavy atom. The number of rotatable bonds is 0. The average molecular weight is 642 g/mol. The zero-order valence-corrected chi connectivity index (χ0v) is 22.1. The first-order valence-corrected chi connectivity index (χ1v) is 19.6. The molecule has 2 aromatic carbocycles. The monoisotopic (exact) mass is 641 g/mol. The molecule has 5 rings (SSSR count). The number of hydrogen-bond donors (Lipinski definition) is 2. The second-order valence-electron chi connectivity index (χ2n) is 7.16. The van der Waals surface area contributed by atoms with Crippen LogP contribution in [0.2, 0.25) is 0 Å². The second kappa shape index (κ2) is 9.67. The Labute approximate surface area is 210 Å². The van der Waals surface area contributed by atoms with E-state index in [4.69, 9.17) is 26.7 Å². The smallest absolute Gasteiger partial charge is 2.00 e. The third-order valence-electron chi connectivity index (χ3n) is 4.99. The summed E-state index contributed by atoms with van der Waals surface area (Å²) >= 11 is -4.71. The SMILES string of the molecule is O=c1c2c(oc3ccccc13)[N-][Sn]([Cl])([Cl])[N-]c1oc3ccccc3c(=O)c1NCCCN2.[Cu+2]. The Hall–Kier alpha value is -2.04. The molecule has 0 fully saturated rings. The Bertz CT molecular complexity index is 1350. The molecular formula is C21H16Cl2CuN4O4Sn.